The molecule has 0 aliphatic rings. The van der Waals surface area contributed by atoms with Crippen LogP contribution in [0, 0.1) is 10.1 Å². The van der Waals surface area contributed by atoms with E-state index in [4.69, 9.17) is 0 Å². The predicted octanol–water partition coefficient (Wildman–Crippen LogP) is 4.66. The summed E-state index contributed by atoms with van der Waals surface area (Å²) in [5, 5.41) is 24.5. The third kappa shape index (κ3) is 3.13. The van der Waals surface area contributed by atoms with Gasteiger partial charge in [0.05, 0.1) is 20.9 Å². The van der Waals surface area contributed by atoms with E-state index in [1.54, 1.807) is 39.7 Å². The molecule has 0 radical (unpaired) electrons. The van der Waals surface area contributed by atoms with Crippen molar-refractivity contribution in [1.29, 1.82) is 0 Å². The van der Waals surface area contributed by atoms with Crippen LogP contribution in [0.25, 0.3) is 25.7 Å². The van der Waals surface area contributed by atoms with E-state index in [2.05, 4.69) is 26.3 Å². The third-order valence-electron chi connectivity index (χ3n) is 3.98. The molecule has 0 amide bonds. The highest BCUT2D eigenvalue weighted by Crippen LogP contribution is 2.32. The Morgan fingerprint density at radius 1 is 1.07 bits per heavy atom. The number of rotatable bonds is 5. The highest BCUT2D eigenvalue weighted by molar-refractivity contribution is 8.00. The number of thiazole rings is 1. The Morgan fingerprint density at radius 2 is 1.89 bits per heavy atom. The lowest BCUT2D eigenvalue weighted by Gasteiger charge is -1.96. The van der Waals surface area contributed by atoms with Gasteiger partial charge in [0.15, 0.2) is 10.2 Å². The van der Waals surface area contributed by atoms with Crippen molar-refractivity contribution in [3.05, 3.63) is 64.5 Å². The molecule has 28 heavy (non-hydrogen) atoms. The van der Waals surface area contributed by atoms with E-state index < -0.39 is 4.92 Å². The summed E-state index contributed by atoms with van der Waals surface area (Å²) < 4.78 is 3.86. The first-order valence-corrected chi connectivity index (χ1v) is 10.7. The third-order valence-corrected chi connectivity index (χ3v) is 7.10. The molecule has 3 heterocycles. The van der Waals surface area contributed by atoms with Crippen LogP contribution in [-0.4, -0.2) is 29.7 Å². The molecule has 0 spiro atoms. The Hall–Kier alpha value is -2.89. The maximum absolute atomic E-state index is 10.8. The van der Waals surface area contributed by atoms with Crippen molar-refractivity contribution in [2.24, 2.45) is 0 Å². The SMILES string of the molecule is O=[N+]([O-])c1ccc(-c2nn3c(CSc4nc5ccccc5s4)nnc3s2)cc1. The Bertz CT molecular complexity index is 1270. The second-order valence-electron chi connectivity index (χ2n) is 5.76. The van der Waals surface area contributed by atoms with Gasteiger partial charge in [0.25, 0.3) is 5.69 Å². The van der Waals surface area contributed by atoms with Gasteiger partial charge in [-0.2, -0.15) is 9.61 Å². The molecule has 0 saturated carbocycles. The molecule has 2 aromatic carbocycles. The van der Waals surface area contributed by atoms with Crippen LogP contribution in [0.1, 0.15) is 5.82 Å². The average molecular weight is 427 g/mol. The van der Waals surface area contributed by atoms with Crippen LogP contribution in [0.5, 0.6) is 0 Å². The first kappa shape index (κ1) is 17.2. The summed E-state index contributed by atoms with van der Waals surface area (Å²) in [5.41, 5.74) is 1.86. The molecule has 138 valence electrons. The van der Waals surface area contributed by atoms with E-state index in [0.717, 1.165) is 31.0 Å². The zero-order valence-electron chi connectivity index (χ0n) is 14.1. The number of fused-ring (bicyclic) bond motifs is 2. The minimum atomic E-state index is -0.417. The minimum absolute atomic E-state index is 0.0553. The maximum atomic E-state index is 10.8. The zero-order valence-corrected chi connectivity index (χ0v) is 16.5. The lowest BCUT2D eigenvalue weighted by atomic mass is 10.2. The van der Waals surface area contributed by atoms with Gasteiger partial charge in [0, 0.05) is 17.7 Å². The van der Waals surface area contributed by atoms with Crippen LogP contribution in [0.2, 0.25) is 0 Å². The molecule has 0 saturated heterocycles. The first-order chi connectivity index (χ1) is 13.7. The highest BCUT2D eigenvalue weighted by atomic mass is 32.2. The van der Waals surface area contributed by atoms with Crippen molar-refractivity contribution < 1.29 is 4.92 Å². The van der Waals surface area contributed by atoms with Gasteiger partial charge >= 0.3 is 0 Å². The monoisotopic (exact) mass is 426 g/mol. The number of hydrogen-bond acceptors (Lipinski definition) is 9. The lowest BCUT2D eigenvalue weighted by molar-refractivity contribution is -0.384. The molecule has 0 aliphatic carbocycles. The summed E-state index contributed by atoms with van der Waals surface area (Å²) in [4.78, 5) is 15.7. The molecule has 0 bridgehead atoms. The Balaban J connectivity index is 1.39. The molecule has 0 N–H and O–H groups in total. The number of aromatic nitrogens is 5. The van der Waals surface area contributed by atoms with E-state index >= 15 is 0 Å². The standard InChI is InChI=1S/C17H10N6O2S3/c24-23(25)11-7-5-10(6-8-11)15-21-22-14(19-20-16(22)28-15)9-26-17-18-12-3-1-2-4-13(12)27-17/h1-8H,9H2. The predicted molar refractivity (Wildman–Crippen MR) is 110 cm³/mol. The summed E-state index contributed by atoms with van der Waals surface area (Å²) in [6.45, 7) is 0. The summed E-state index contributed by atoms with van der Waals surface area (Å²) in [6, 6.07) is 14.4. The van der Waals surface area contributed by atoms with Crippen molar-refractivity contribution >= 4 is 55.3 Å². The molecule has 0 fully saturated rings. The van der Waals surface area contributed by atoms with Gasteiger partial charge in [-0.3, -0.25) is 10.1 Å². The van der Waals surface area contributed by atoms with Gasteiger partial charge in [-0.15, -0.1) is 21.5 Å². The molecule has 0 unspecified atom stereocenters. The van der Waals surface area contributed by atoms with Crippen LogP contribution < -0.4 is 0 Å². The van der Waals surface area contributed by atoms with Gasteiger partial charge in [-0.1, -0.05) is 35.2 Å². The topological polar surface area (TPSA) is 99.1 Å². The molecule has 5 rings (SSSR count). The number of thioether (sulfide) groups is 1. The van der Waals surface area contributed by atoms with E-state index in [1.165, 1.54) is 23.5 Å². The normalized spacial score (nSPS) is 11.4. The summed E-state index contributed by atoms with van der Waals surface area (Å²) in [5.74, 6) is 1.34. The summed E-state index contributed by atoms with van der Waals surface area (Å²) >= 11 is 4.65. The molecule has 0 aliphatic heterocycles. The zero-order chi connectivity index (χ0) is 19.1. The largest absolute Gasteiger partial charge is 0.269 e. The molecular formula is C17H10N6O2S3. The maximum Gasteiger partial charge on any atom is 0.269 e. The number of hydrogen-bond donors (Lipinski definition) is 0. The van der Waals surface area contributed by atoms with Gasteiger partial charge < -0.3 is 0 Å². The fourth-order valence-electron chi connectivity index (χ4n) is 2.63. The van der Waals surface area contributed by atoms with Crippen LogP contribution in [0.15, 0.2) is 52.9 Å². The highest BCUT2D eigenvalue weighted by Gasteiger charge is 2.15. The van der Waals surface area contributed by atoms with E-state index in [1.807, 2.05) is 18.2 Å². The smallest absolute Gasteiger partial charge is 0.258 e. The first-order valence-electron chi connectivity index (χ1n) is 8.12. The average Bonchev–Trinajstić information content (AvgIpc) is 3.40. The van der Waals surface area contributed by atoms with Crippen LogP contribution in [0.3, 0.4) is 0 Å². The quantitative estimate of drug-likeness (QED) is 0.229. The van der Waals surface area contributed by atoms with E-state index in [-0.39, 0.29) is 5.69 Å². The molecule has 3 aromatic heterocycles. The minimum Gasteiger partial charge on any atom is -0.258 e. The van der Waals surface area contributed by atoms with Crippen molar-refractivity contribution in [3.8, 4) is 10.6 Å². The van der Waals surface area contributed by atoms with Gasteiger partial charge in [-0.05, 0) is 24.3 Å². The number of benzene rings is 2. The summed E-state index contributed by atoms with van der Waals surface area (Å²) in [6.07, 6.45) is 0. The number of nitrogens with zero attached hydrogens (tertiary/aromatic N) is 6. The number of para-hydroxylation sites is 1. The molecular weight excluding hydrogens is 416 g/mol. The van der Waals surface area contributed by atoms with Crippen molar-refractivity contribution in [2.45, 2.75) is 10.1 Å². The fraction of sp³-hybridized carbons (Fsp3) is 0.0588. The van der Waals surface area contributed by atoms with Crippen molar-refractivity contribution in [2.75, 3.05) is 0 Å². The summed E-state index contributed by atoms with van der Waals surface area (Å²) in [7, 11) is 0. The lowest BCUT2D eigenvalue weighted by Crippen LogP contribution is -1.94. The second kappa shape index (κ2) is 6.93. The second-order valence-corrected chi connectivity index (χ2v) is 8.97. The number of non-ortho nitro benzene ring substituents is 1. The Labute approximate surface area is 170 Å². The van der Waals surface area contributed by atoms with Crippen molar-refractivity contribution in [1.82, 2.24) is 24.8 Å². The molecule has 11 heteroatoms. The Kier molecular flexibility index (Phi) is 4.26. The van der Waals surface area contributed by atoms with Crippen LogP contribution in [0.4, 0.5) is 5.69 Å². The molecule has 8 nitrogen and oxygen atoms in total. The Morgan fingerprint density at radius 3 is 2.68 bits per heavy atom. The van der Waals surface area contributed by atoms with Crippen LogP contribution in [-0.2, 0) is 5.75 Å². The van der Waals surface area contributed by atoms with Crippen molar-refractivity contribution in [3.63, 3.8) is 0 Å². The van der Waals surface area contributed by atoms with E-state index in [9.17, 15) is 10.1 Å². The van der Waals surface area contributed by atoms with Crippen LogP contribution >= 0.6 is 34.4 Å². The molecule has 5 aromatic rings. The molecule has 0 atom stereocenters. The fourth-order valence-corrected chi connectivity index (χ4v) is 5.47. The van der Waals surface area contributed by atoms with Gasteiger partial charge in [0.2, 0.25) is 4.96 Å². The van der Waals surface area contributed by atoms with Gasteiger partial charge in [0.1, 0.15) is 5.01 Å². The number of nitro benzene ring substituents is 1. The number of nitro groups is 1. The van der Waals surface area contributed by atoms with Gasteiger partial charge in [-0.25, -0.2) is 4.98 Å². The van der Waals surface area contributed by atoms with E-state index in [0.29, 0.717) is 10.7 Å².